The fraction of sp³-hybridized carbons (Fsp3) is 0.333. The second kappa shape index (κ2) is 6.33. The first-order valence-electron chi connectivity index (χ1n) is 8.51. The molecule has 0 amide bonds. The van der Waals surface area contributed by atoms with Crippen molar-refractivity contribution in [3.05, 3.63) is 63.5 Å². The number of nitrogens with zero attached hydrogens (tertiary/aromatic N) is 4. The summed E-state index contributed by atoms with van der Waals surface area (Å²) in [6.45, 7) is 2.35. The molecule has 1 aliphatic heterocycles. The summed E-state index contributed by atoms with van der Waals surface area (Å²) in [6, 6.07) is 6.53. The van der Waals surface area contributed by atoms with Gasteiger partial charge in [0.1, 0.15) is 17.3 Å². The predicted octanol–water partition coefficient (Wildman–Crippen LogP) is 3.28. The zero-order chi connectivity index (χ0) is 19.2. The first-order chi connectivity index (χ1) is 12.8. The molecule has 0 saturated carbocycles. The number of alkyl halides is 3. The van der Waals surface area contributed by atoms with E-state index in [0.29, 0.717) is 29.7 Å². The molecule has 1 atom stereocenters. The fourth-order valence-electron chi connectivity index (χ4n) is 3.48. The van der Waals surface area contributed by atoms with Crippen LogP contribution in [0.3, 0.4) is 0 Å². The summed E-state index contributed by atoms with van der Waals surface area (Å²) in [5.41, 5.74) is 0.248. The van der Waals surface area contributed by atoms with Crippen LogP contribution in [0.25, 0.3) is 11.5 Å². The summed E-state index contributed by atoms with van der Waals surface area (Å²) in [7, 11) is 0. The van der Waals surface area contributed by atoms with Crippen molar-refractivity contribution in [3.63, 3.8) is 0 Å². The number of aryl methyl sites for hydroxylation is 1. The van der Waals surface area contributed by atoms with Gasteiger partial charge >= 0.3 is 6.18 Å². The van der Waals surface area contributed by atoms with Crippen LogP contribution in [0, 0.1) is 6.92 Å². The molecule has 1 N–H and O–H groups in total. The van der Waals surface area contributed by atoms with Crippen molar-refractivity contribution < 1.29 is 13.2 Å². The molecule has 1 aliphatic rings. The van der Waals surface area contributed by atoms with E-state index in [1.54, 1.807) is 6.92 Å². The molecule has 1 aromatic carbocycles. The van der Waals surface area contributed by atoms with E-state index in [9.17, 15) is 18.0 Å². The highest BCUT2D eigenvalue weighted by Crippen LogP contribution is 2.36. The van der Waals surface area contributed by atoms with E-state index in [1.807, 2.05) is 4.57 Å². The Kier molecular flexibility index (Phi) is 4.09. The van der Waals surface area contributed by atoms with Gasteiger partial charge in [-0.25, -0.2) is 4.98 Å². The third-order valence-electron chi connectivity index (χ3n) is 4.70. The second-order valence-corrected chi connectivity index (χ2v) is 6.56. The van der Waals surface area contributed by atoms with Gasteiger partial charge < -0.3 is 9.55 Å². The van der Waals surface area contributed by atoms with Gasteiger partial charge in [0.2, 0.25) is 0 Å². The molecule has 9 heteroatoms. The number of hydrogen-bond donors (Lipinski definition) is 1. The topological polar surface area (TPSA) is 76.5 Å². The van der Waals surface area contributed by atoms with Crippen LogP contribution in [0.4, 0.5) is 13.2 Å². The van der Waals surface area contributed by atoms with Crippen LogP contribution in [0.2, 0.25) is 0 Å². The lowest BCUT2D eigenvalue weighted by Crippen LogP contribution is -2.19. The summed E-state index contributed by atoms with van der Waals surface area (Å²) in [5.74, 6) is 1.50. The Balaban J connectivity index is 1.73. The van der Waals surface area contributed by atoms with Crippen molar-refractivity contribution in [2.24, 2.45) is 0 Å². The average Bonchev–Trinajstić information content (AvgIpc) is 3.04. The van der Waals surface area contributed by atoms with Crippen LogP contribution in [0.1, 0.15) is 41.5 Å². The molecule has 0 unspecified atom stereocenters. The summed E-state index contributed by atoms with van der Waals surface area (Å²) < 4.78 is 40.3. The molecular formula is C18H16F3N5O. The Morgan fingerprint density at radius 1 is 1.19 bits per heavy atom. The molecule has 6 nitrogen and oxygen atoms in total. The van der Waals surface area contributed by atoms with Crippen molar-refractivity contribution in [2.75, 3.05) is 0 Å². The van der Waals surface area contributed by atoms with E-state index in [2.05, 4.69) is 20.2 Å². The maximum absolute atomic E-state index is 12.8. The molecule has 2 aromatic heterocycles. The van der Waals surface area contributed by atoms with E-state index in [-0.39, 0.29) is 11.5 Å². The molecule has 27 heavy (non-hydrogen) atoms. The van der Waals surface area contributed by atoms with E-state index >= 15 is 0 Å². The first kappa shape index (κ1) is 17.4. The van der Waals surface area contributed by atoms with Crippen molar-refractivity contribution in [2.45, 2.75) is 38.4 Å². The summed E-state index contributed by atoms with van der Waals surface area (Å²) in [5, 5.41) is 8.46. The van der Waals surface area contributed by atoms with Crippen LogP contribution in [0.15, 0.2) is 35.1 Å². The smallest absolute Gasteiger partial charge is 0.311 e. The normalized spacial score (nSPS) is 17.0. The minimum atomic E-state index is -4.36. The van der Waals surface area contributed by atoms with Crippen molar-refractivity contribution >= 4 is 0 Å². The Hall–Kier alpha value is -2.97. The SMILES string of the molecule is Cc1nc(-c2nnc3n2CCC[C@@H]3c2ccc(C(F)(F)F)cc2)cc(=O)[nH]1. The highest BCUT2D eigenvalue weighted by molar-refractivity contribution is 5.49. The lowest BCUT2D eigenvalue weighted by Gasteiger charge is -2.24. The minimum absolute atomic E-state index is 0.148. The van der Waals surface area contributed by atoms with Gasteiger partial charge in [0.15, 0.2) is 5.82 Å². The molecule has 0 spiro atoms. The van der Waals surface area contributed by atoms with Gasteiger partial charge in [-0.3, -0.25) is 4.79 Å². The van der Waals surface area contributed by atoms with E-state index < -0.39 is 11.7 Å². The van der Waals surface area contributed by atoms with Crippen LogP contribution in [-0.4, -0.2) is 24.7 Å². The standard InChI is InChI=1S/C18H16F3N5O/c1-10-22-14(9-15(27)23-10)17-25-24-16-13(3-2-8-26(16)17)11-4-6-12(7-5-11)18(19,20)21/h4-7,9,13H,2-3,8H2,1H3,(H,22,23,27)/t13-/m1/s1. The Morgan fingerprint density at radius 3 is 2.59 bits per heavy atom. The van der Waals surface area contributed by atoms with Crippen LogP contribution in [-0.2, 0) is 12.7 Å². The van der Waals surface area contributed by atoms with E-state index in [0.717, 1.165) is 30.5 Å². The van der Waals surface area contributed by atoms with Crippen molar-refractivity contribution in [1.29, 1.82) is 0 Å². The highest BCUT2D eigenvalue weighted by atomic mass is 19.4. The number of aromatic amines is 1. The molecule has 0 saturated heterocycles. The third kappa shape index (κ3) is 3.24. The monoisotopic (exact) mass is 375 g/mol. The molecule has 0 fully saturated rings. The van der Waals surface area contributed by atoms with Crippen LogP contribution in [0.5, 0.6) is 0 Å². The molecule has 4 rings (SSSR count). The molecule has 0 radical (unpaired) electrons. The van der Waals surface area contributed by atoms with E-state index in [1.165, 1.54) is 18.2 Å². The number of nitrogens with one attached hydrogen (secondary N) is 1. The zero-order valence-corrected chi connectivity index (χ0v) is 14.4. The quantitative estimate of drug-likeness (QED) is 0.746. The largest absolute Gasteiger partial charge is 0.416 e. The van der Waals surface area contributed by atoms with Crippen LogP contribution >= 0.6 is 0 Å². The zero-order valence-electron chi connectivity index (χ0n) is 14.4. The van der Waals surface area contributed by atoms with Gasteiger partial charge in [0.05, 0.1) is 5.56 Å². The van der Waals surface area contributed by atoms with Gasteiger partial charge in [-0.2, -0.15) is 13.2 Å². The molecule has 0 bridgehead atoms. The fourth-order valence-corrected chi connectivity index (χ4v) is 3.48. The maximum atomic E-state index is 12.8. The number of fused-ring (bicyclic) bond motifs is 1. The Morgan fingerprint density at radius 2 is 1.93 bits per heavy atom. The average molecular weight is 375 g/mol. The van der Waals surface area contributed by atoms with Crippen LogP contribution < -0.4 is 5.56 Å². The highest BCUT2D eigenvalue weighted by Gasteiger charge is 2.32. The summed E-state index contributed by atoms with van der Waals surface area (Å²) in [4.78, 5) is 18.6. The number of halogens is 3. The summed E-state index contributed by atoms with van der Waals surface area (Å²) >= 11 is 0. The van der Waals surface area contributed by atoms with Crippen molar-refractivity contribution in [1.82, 2.24) is 24.7 Å². The number of rotatable bonds is 2. The number of hydrogen-bond acceptors (Lipinski definition) is 4. The predicted molar refractivity (Wildman–Crippen MR) is 91.1 cm³/mol. The van der Waals surface area contributed by atoms with Gasteiger partial charge in [-0.05, 0) is 37.5 Å². The summed E-state index contributed by atoms with van der Waals surface area (Å²) in [6.07, 6.45) is -2.76. The van der Waals surface area contributed by atoms with Gasteiger partial charge in [-0.15, -0.1) is 10.2 Å². The molecule has 3 aromatic rings. The second-order valence-electron chi connectivity index (χ2n) is 6.56. The van der Waals surface area contributed by atoms with Gasteiger partial charge in [0.25, 0.3) is 5.56 Å². The molecule has 140 valence electrons. The maximum Gasteiger partial charge on any atom is 0.416 e. The lowest BCUT2D eigenvalue weighted by molar-refractivity contribution is -0.137. The molecular weight excluding hydrogens is 359 g/mol. The minimum Gasteiger partial charge on any atom is -0.311 e. The Labute approximate surface area is 152 Å². The number of H-pyrrole nitrogens is 1. The third-order valence-corrected chi connectivity index (χ3v) is 4.70. The number of aromatic nitrogens is 5. The number of benzene rings is 1. The van der Waals surface area contributed by atoms with E-state index in [4.69, 9.17) is 0 Å². The van der Waals surface area contributed by atoms with Crippen molar-refractivity contribution in [3.8, 4) is 11.5 Å². The Bertz CT molecular complexity index is 1040. The molecule has 0 aliphatic carbocycles. The van der Waals surface area contributed by atoms with Gasteiger partial charge in [0, 0.05) is 18.5 Å². The lowest BCUT2D eigenvalue weighted by atomic mass is 9.90. The molecule has 3 heterocycles. The first-order valence-corrected chi connectivity index (χ1v) is 8.51. The van der Waals surface area contributed by atoms with Gasteiger partial charge in [-0.1, -0.05) is 12.1 Å².